The van der Waals surface area contributed by atoms with Crippen LogP contribution in [0.5, 0.6) is 0 Å². The van der Waals surface area contributed by atoms with E-state index in [1.54, 1.807) is 0 Å². The lowest BCUT2D eigenvalue weighted by molar-refractivity contribution is 0.669. The van der Waals surface area contributed by atoms with Crippen LogP contribution in [0.15, 0.2) is 180 Å². The van der Waals surface area contributed by atoms with Crippen molar-refractivity contribution in [3.63, 3.8) is 0 Å². The third kappa shape index (κ3) is 3.68. The van der Waals surface area contributed by atoms with Crippen LogP contribution in [0.2, 0.25) is 0 Å². The Kier molecular flexibility index (Phi) is 5.53. The molecule has 240 valence electrons. The summed E-state index contributed by atoms with van der Waals surface area (Å²) in [5, 5.41) is 15.0. The van der Waals surface area contributed by atoms with Crippen molar-refractivity contribution in [2.45, 2.75) is 0 Å². The highest BCUT2D eigenvalue weighted by Crippen LogP contribution is 2.46. The van der Waals surface area contributed by atoms with Gasteiger partial charge >= 0.3 is 0 Å². The minimum absolute atomic E-state index is 0.918. The largest absolute Gasteiger partial charge is 0.456 e. The number of furan rings is 1. The van der Waals surface area contributed by atoms with E-state index in [2.05, 4.69) is 174 Å². The summed E-state index contributed by atoms with van der Waals surface area (Å²) in [6.45, 7) is 0. The predicted octanol–water partition coefficient (Wildman–Crippen LogP) is 14.1. The zero-order chi connectivity index (χ0) is 33.9. The molecule has 0 fully saturated rings. The number of fused-ring (bicyclic) bond motifs is 8. The van der Waals surface area contributed by atoms with Crippen molar-refractivity contribution in [1.82, 2.24) is 4.57 Å². The fraction of sp³-hybridized carbons (Fsp3) is 0. The quantitative estimate of drug-likeness (QED) is 0.173. The van der Waals surface area contributed by atoms with E-state index in [1.807, 2.05) is 6.07 Å². The van der Waals surface area contributed by atoms with Gasteiger partial charge in [0.25, 0.3) is 0 Å². The van der Waals surface area contributed by atoms with Crippen molar-refractivity contribution in [3.8, 4) is 27.9 Å². The zero-order valence-electron chi connectivity index (χ0n) is 28.1. The molecule has 2 nitrogen and oxygen atoms in total. The Morgan fingerprint density at radius 2 is 0.904 bits per heavy atom. The van der Waals surface area contributed by atoms with Gasteiger partial charge in [-0.05, 0) is 90.3 Å². The Labute approximate surface area is 298 Å². The van der Waals surface area contributed by atoms with Crippen molar-refractivity contribution in [1.29, 1.82) is 0 Å². The first-order valence-corrected chi connectivity index (χ1v) is 17.9. The van der Waals surface area contributed by atoms with Crippen LogP contribution in [-0.2, 0) is 0 Å². The van der Waals surface area contributed by atoms with Crippen LogP contribution in [0, 0.1) is 0 Å². The molecule has 0 bridgehead atoms. The molecule has 2 heterocycles. The Bertz CT molecular complexity index is 3400. The van der Waals surface area contributed by atoms with Crippen LogP contribution in [0.1, 0.15) is 0 Å². The van der Waals surface area contributed by atoms with Gasteiger partial charge in [0.15, 0.2) is 0 Å². The van der Waals surface area contributed by atoms with Crippen molar-refractivity contribution < 1.29 is 4.42 Å². The van der Waals surface area contributed by atoms with Gasteiger partial charge in [-0.3, -0.25) is 0 Å². The van der Waals surface area contributed by atoms with E-state index in [4.69, 9.17) is 4.42 Å². The lowest BCUT2D eigenvalue weighted by Crippen LogP contribution is -1.96. The number of aromatic nitrogens is 1. The van der Waals surface area contributed by atoms with Crippen LogP contribution >= 0.6 is 0 Å². The van der Waals surface area contributed by atoms with Gasteiger partial charge in [-0.15, -0.1) is 0 Å². The predicted molar refractivity (Wildman–Crippen MR) is 220 cm³/mol. The van der Waals surface area contributed by atoms with Crippen molar-refractivity contribution in [3.05, 3.63) is 176 Å². The molecule has 10 aromatic carbocycles. The monoisotopic (exact) mass is 659 g/mol. The molecule has 2 aromatic heterocycles. The lowest BCUT2D eigenvalue weighted by Gasteiger charge is -2.18. The summed E-state index contributed by atoms with van der Waals surface area (Å²) in [6.07, 6.45) is 0. The molecule has 0 amide bonds. The van der Waals surface area contributed by atoms with Gasteiger partial charge in [0, 0.05) is 26.9 Å². The zero-order valence-corrected chi connectivity index (χ0v) is 28.1. The molecule has 0 spiro atoms. The van der Waals surface area contributed by atoms with Gasteiger partial charge in [0.1, 0.15) is 11.2 Å². The molecule has 0 saturated carbocycles. The molecular formula is C50H29NO. The van der Waals surface area contributed by atoms with E-state index in [9.17, 15) is 0 Å². The number of hydrogen-bond acceptors (Lipinski definition) is 1. The van der Waals surface area contributed by atoms with Crippen LogP contribution in [0.3, 0.4) is 0 Å². The van der Waals surface area contributed by atoms with Gasteiger partial charge in [0.2, 0.25) is 0 Å². The highest BCUT2D eigenvalue weighted by Gasteiger charge is 2.21. The molecule has 0 atom stereocenters. The van der Waals surface area contributed by atoms with Gasteiger partial charge in [0.05, 0.1) is 16.7 Å². The Hall–Kier alpha value is -6.90. The maximum atomic E-state index is 6.36. The van der Waals surface area contributed by atoms with Crippen LogP contribution in [-0.4, -0.2) is 4.57 Å². The molecule has 0 aliphatic heterocycles. The first-order valence-electron chi connectivity index (χ1n) is 17.9. The number of para-hydroxylation sites is 2. The van der Waals surface area contributed by atoms with Crippen molar-refractivity contribution in [2.75, 3.05) is 0 Å². The van der Waals surface area contributed by atoms with E-state index >= 15 is 0 Å². The van der Waals surface area contributed by atoms with Crippen LogP contribution < -0.4 is 0 Å². The minimum atomic E-state index is 0.918. The summed E-state index contributed by atoms with van der Waals surface area (Å²) in [6, 6.07) is 64.3. The molecule has 0 aliphatic rings. The summed E-state index contributed by atoms with van der Waals surface area (Å²) >= 11 is 0. The molecule has 0 aliphatic carbocycles. The first kappa shape index (κ1) is 27.9. The Morgan fingerprint density at radius 3 is 1.71 bits per heavy atom. The SMILES string of the molecule is c1ccc(-c2ccc3ccc4c(-c5ccc(-n6c7ccccc7c7c8c(ccc76)oc6ccccc68)c6ccccc56)ccc5ccc2c3c54)cc1. The number of benzene rings is 10. The Morgan fingerprint density at radius 1 is 0.308 bits per heavy atom. The summed E-state index contributed by atoms with van der Waals surface area (Å²) in [4.78, 5) is 0. The van der Waals surface area contributed by atoms with Gasteiger partial charge in [-0.2, -0.15) is 0 Å². The second kappa shape index (κ2) is 10.3. The Balaban J connectivity index is 1.13. The maximum absolute atomic E-state index is 6.36. The minimum Gasteiger partial charge on any atom is -0.456 e. The summed E-state index contributed by atoms with van der Waals surface area (Å²) in [7, 11) is 0. The van der Waals surface area contributed by atoms with E-state index in [0.29, 0.717) is 0 Å². The highest BCUT2D eigenvalue weighted by atomic mass is 16.3. The number of hydrogen-bond donors (Lipinski definition) is 0. The molecule has 0 N–H and O–H groups in total. The van der Waals surface area contributed by atoms with Gasteiger partial charge in [-0.25, -0.2) is 0 Å². The van der Waals surface area contributed by atoms with Gasteiger partial charge in [-0.1, -0.05) is 146 Å². The summed E-state index contributed by atoms with van der Waals surface area (Å²) in [5.41, 5.74) is 10.4. The smallest absolute Gasteiger partial charge is 0.136 e. The van der Waals surface area contributed by atoms with Gasteiger partial charge < -0.3 is 8.98 Å². The molecule has 0 unspecified atom stereocenters. The maximum Gasteiger partial charge on any atom is 0.136 e. The van der Waals surface area contributed by atoms with E-state index < -0.39 is 0 Å². The molecule has 2 heteroatoms. The average Bonchev–Trinajstić information content (AvgIpc) is 3.75. The highest BCUT2D eigenvalue weighted by molar-refractivity contribution is 6.29. The van der Waals surface area contributed by atoms with E-state index in [1.165, 1.54) is 98.2 Å². The van der Waals surface area contributed by atoms with E-state index in [-0.39, 0.29) is 0 Å². The second-order valence-electron chi connectivity index (χ2n) is 14.0. The third-order valence-electron chi connectivity index (χ3n) is 11.4. The molecule has 0 saturated heterocycles. The second-order valence-corrected chi connectivity index (χ2v) is 14.0. The molecule has 12 rings (SSSR count). The van der Waals surface area contributed by atoms with Crippen molar-refractivity contribution in [2.24, 2.45) is 0 Å². The van der Waals surface area contributed by atoms with E-state index in [0.717, 1.165) is 16.6 Å². The molecule has 12 aromatic rings. The topological polar surface area (TPSA) is 18.1 Å². The molecular weight excluding hydrogens is 631 g/mol. The normalized spacial score (nSPS) is 12.2. The standard InChI is InChI=1S/C50H29NO/c1-2-10-30(11-3-1)33-22-18-31-21-25-39-36(23-19-32-20-24-38(33)47(31)48(32)39)35-26-27-43(37-13-5-4-12-34(35)37)51-42-16-8-6-14-40(42)49-44(51)28-29-46-50(49)41-15-7-9-17-45(41)52-46/h1-29H. The molecule has 0 radical (unpaired) electrons. The fourth-order valence-electron chi connectivity index (χ4n) is 9.15. The first-order chi connectivity index (χ1) is 25.8. The van der Waals surface area contributed by atoms with Crippen molar-refractivity contribution >= 4 is 86.8 Å². The van der Waals surface area contributed by atoms with Crippen LogP contribution in [0.25, 0.3) is 115 Å². The number of rotatable bonds is 3. The summed E-state index contributed by atoms with van der Waals surface area (Å²) in [5.74, 6) is 0. The fourth-order valence-corrected chi connectivity index (χ4v) is 9.15. The average molecular weight is 660 g/mol. The summed E-state index contributed by atoms with van der Waals surface area (Å²) < 4.78 is 8.81. The molecule has 52 heavy (non-hydrogen) atoms. The number of nitrogens with zero attached hydrogens (tertiary/aromatic N) is 1. The lowest BCUT2D eigenvalue weighted by atomic mass is 9.86. The van der Waals surface area contributed by atoms with Crippen LogP contribution in [0.4, 0.5) is 0 Å². The third-order valence-corrected chi connectivity index (χ3v) is 11.4.